The predicted molar refractivity (Wildman–Crippen MR) is 57.7 cm³/mol. The first kappa shape index (κ1) is 12.5. The Morgan fingerprint density at radius 2 is 2.40 bits per heavy atom. The van der Waals surface area contributed by atoms with E-state index in [0.29, 0.717) is 6.42 Å². The molecule has 1 fully saturated rings. The lowest BCUT2D eigenvalue weighted by Crippen LogP contribution is -2.52. The Morgan fingerprint density at radius 3 is 2.87 bits per heavy atom. The van der Waals surface area contributed by atoms with Gasteiger partial charge in [0.25, 0.3) is 0 Å². The summed E-state index contributed by atoms with van der Waals surface area (Å²) >= 11 is 0. The van der Waals surface area contributed by atoms with E-state index in [1.165, 1.54) is 7.11 Å². The lowest BCUT2D eigenvalue weighted by atomic mass is 9.88. The minimum Gasteiger partial charge on any atom is -0.469 e. The molecule has 1 aliphatic heterocycles. The Labute approximate surface area is 91.3 Å². The van der Waals surface area contributed by atoms with Crippen molar-refractivity contribution in [3.05, 3.63) is 0 Å². The molecule has 88 valence electrons. The van der Waals surface area contributed by atoms with E-state index in [0.717, 1.165) is 26.0 Å². The van der Waals surface area contributed by atoms with Gasteiger partial charge in [0, 0.05) is 6.61 Å². The van der Waals surface area contributed by atoms with Gasteiger partial charge in [-0.1, -0.05) is 6.92 Å². The highest BCUT2D eigenvalue weighted by atomic mass is 16.5. The average molecular weight is 215 g/mol. The molecule has 0 spiro atoms. The molecule has 15 heavy (non-hydrogen) atoms. The standard InChI is InChI=1S/C11H21NO3/c1-4-6-12-11(8-10(13)14-3)5-7-15-9(11)2/h9,12H,4-8H2,1-3H3. The monoisotopic (exact) mass is 215 g/mol. The molecule has 1 N–H and O–H groups in total. The summed E-state index contributed by atoms with van der Waals surface area (Å²) in [5, 5.41) is 3.43. The van der Waals surface area contributed by atoms with Crippen LogP contribution in [0.25, 0.3) is 0 Å². The van der Waals surface area contributed by atoms with Crippen molar-refractivity contribution >= 4 is 5.97 Å². The fraction of sp³-hybridized carbons (Fsp3) is 0.909. The molecular weight excluding hydrogens is 194 g/mol. The SMILES string of the molecule is CCCNC1(CC(=O)OC)CCOC1C. The largest absolute Gasteiger partial charge is 0.469 e. The van der Waals surface area contributed by atoms with Crippen LogP contribution in [0.1, 0.15) is 33.1 Å². The molecule has 1 heterocycles. The number of hydrogen-bond donors (Lipinski definition) is 1. The third kappa shape index (κ3) is 2.92. The van der Waals surface area contributed by atoms with E-state index in [4.69, 9.17) is 9.47 Å². The van der Waals surface area contributed by atoms with E-state index in [1.807, 2.05) is 6.92 Å². The van der Waals surface area contributed by atoms with Crippen LogP contribution in [0.3, 0.4) is 0 Å². The second kappa shape index (κ2) is 5.47. The van der Waals surface area contributed by atoms with Gasteiger partial charge in [0.15, 0.2) is 0 Å². The van der Waals surface area contributed by atoms with Crippen LogP contribution in [0, 0.1) is 0 Å². The molecule has 0 aromatic rings. The maximum absolute atomic E-state index is 11.4. The van der Waals surface area contributed by atoms with Crippen molar-refractivity contribution in [1.82, 2.24) is 5.32 Å². The average Bonchev–Trinajstić information content (AvgIpc) is 2.58. The maximum atomic E-state index is 11.4. The van der Waals surface area contributed by atoms with E-state index in [2.05, 4.69) is 12.2 Å². The summed E-state index contributed by atoms with van der Waals surface area (Å²) in [5.74, 6) is -0.170. The number of rotatable bonds is 5. The number of carbonyl (C=O) groups excluding carboxylic acids is 1. The number of hydrogen-bond acceptors (Lipinski definition) is 4. The Kier molecular flexibility index (Phi) is 4.54. The Bertz CT molecular complexity index is 220. The molecule has 0 radical (unpaired) electrons. The molecule has 4 heteroatoms. The quantitative estimate of drug-likeness (QED) is 0.698. The van der Waals surface area contributed by atoms with Crippen LogP contribution in [0.15, 0.2) is 0 Å². The molecule has 2 atom stereocenters. The molecule has 1 aliphatic rings. The first-order valence-corrected chi connectivity index (χ1v) is 5.58. The van der Waals surface area contributed by atoms with E-state index in [-0.39, 0.29) is 17.6 Å². The van der Waals surface area contributed by atoms with Crippen LogP contribution in [-0.4, -0.2) is 37.9 Å². The molecule has 2 unspecified atom stereocenters. The summed E-state index contributed by atoms with van der Waals surface area (Å²) in [7, 11) is 1.43. The zero-order valence-corrected chi connectivity index (χ0v) is 9.84. The maximum Gasteiger partial charge on any atom is 0.307 e. The van der Waals surface area contributed by atoms with E-state index in [1.54, 1.807) is 0 Å². The second-order valence-corrected chi connectivity index (χ2v) is 4.10. The minimum absolute atomic E-state index is 0.0724. The van der Waals surface area contributed by atoms with Gasteiger partial charge in [0.1, 0.15) is 0 Å². The van der Waals surface area contributed by atoms with Crippen LogP contribution in [0.4, 0.5) is 0 Å². The van der Waals surface area contributed by atoms with Crippen molar-refractivity contribution in [3.8, 4) is 0 Å². The van der Waals surface area contributed by atoms with Crippen LogP contribution in [0.5, 0.6) is 0 Å². The van der Waals surface area contributed by atoms with Gasteiger partial charge in [0.2, 0.25) is 0 Å². The summed E-state index contributed by atoms with van der Waals surface area (Å²) in [6, 6.07) is 0. The van der Waals surface area contributed by atoms with E-state index in [9.17, 15) is 4.79 Å². The fourth-order valence-electron chi connectivity index (χ4n) is 2.01. The molecule has 1 rings (SSSR count). The Balaban J connectivity index is 2.63. The number of esters is 1. The summed E-state index contributed by atoms with van der Waals surface area (Å²) in [6.07, 6.45) is 2.40. The molecule has 0 aliphatic carbocycles. The van der Waals surface area contributed by atoms with Gasteiger partial charge in [-0.15, -0.1) is 0 Å². The molecule has 0 bridgehead atoms. The highest BCUT2D eigenvalue weighted by molar-refractivity contribution is 5.71. The van der Waals surface area contributed by atoms with Crippen LogP contribution in [-0.2, 0) is 14.3 Å². The lowest BCUT2D eigenvalue weighted by molar-refractivity contribution is -0.143. The first-order valence-electron chi connectivity index (χ1n) is 5.58. The predicted octanol–water partition coefficient (Wildman–Crippen LogP) is 1.10. The van der Waals surface area contributed by atoms with Gasteiger partial charge < -0.3 is 14.8 Å². The number of ether oxygens (including phenoxy) is 2. The van der Waals surface area contributed by atoms with Crippen LogP contribution < -0.4 is 5.32 Å². The number of nitrogens with one attached hydrogen (secondary N) is 1. The number of carbonyl (C=O) groups is 1. The first-order chi connectivity index (χ1) is 7.14. The molecule has 0 amide bonds. The second-order valence-electron chi connectivity index (χ2n) is 4.10. The molecule has 0 aromatic heterocycles. The fourth-order valence-corrected chi connectivity index (χ4v) is 2.01. The molecule has 1 saturated heterocycles. The molecular formula is C11H21NO3. The molecule has 0 aromatic carbocycles. The zero-order valence-electron chi connectivity index (χ0n) is 9.84. The van der Waals surface area contributed by atoms with Crippen molar-refractivity contribution in [2.24, 2.45) is 0 Å². The Hall–Kier alpha value is -0.610. The Morgan fingerprint density at radius 1 is 1.67 bits per heavy atom. The summed E-state index contributed by atoms with van der Waals surface area (Å²) in [5.41, 5.74) is -0.219. The van der Waals surface area contributed by atoms with Crippen LogP contribution >= 0.6 is 0 Å². The smallest absolute Gasteiger partial charge is 0.307 e. The molecule has 4 nitrogen and oxygen atoms in total. The lowest BCUT2D eigenvalue weighted by Gasteiger charge is -2.32. The van der Waals surface area contributed by atoms with Gasteiger partial charge in [-0.25, -0.2) is 0 Å². The van der Waals surface area contributed by atoms with Crippen molar-refractivity contribution in [3.63, 3.8) is 0 Å². The van der Waals surface area contributed by atoms with E-state index < -0.39 is 0 Å². The topological polar surface area (TPSA) is 47.6 Å². The van der Waals surface area contributed by atoms with E-state index >= 15 is 0 Å². The zero-order chi connectivity index (χ0) is 11.3. The summed E-state index contributed by atoms with van der Waals surface area (Å²) < 4.78 is 10.3. The summed E-state index contributed by atoms with van der Waals surface area (Å²) in [4.78, 5) is 11.4. The van der Waals surface area contributed by atoms with Gasteiger partial charge in [-0.3, -0.25) is 4.79 Å². The minimum atomic E-state index is -0.219. The van der Waals surface area contributed by atoms with Crippen molar-refractivity contribution < 1.29 is 14.3 Å². The van der Waals surface area contributed by atoms with Gasteiger partial charge in [0.05, 0.1) is 25.2 Å². The van der Waals surface area contributed by atoms with Gasteiger partial charge >= 0.3 is 5.97 Å². The molecule has 0 saturated carbocycles. The van der Waals surface area contributed by atoms with Gasteiger partial charge in [-0.05, 0) is 26.3 Å². The van der Waals surface area contributed by atoms with Crippen molar-refractivity contribution in [1.29, 1.82) is 0 Å². The van der Waals surface area contributed by atoms with Crippen LogP contribution in [0.2, 0.25) is 0 Å². The summed E-state index contributed by atoms with van der Waals surface area (Å²) in [6.45, 7) is 5.75. The number of methoxy groups -OCH3 is 1. The van der Waals surface area contributed by atoms with Gasteiger partial charge in [-0.2, -0.15) is 0 Å². The van der Waals surface area contributed by atoms with Crippen molar-refractivity contribution in [2.45, 2.75) is 44.8 Å². The van der Waals surface area contributed by atoms with Crippen molar-refractivity contribution in [2.75, 3.05) is 20.3 Å². The normalized spacial score (nSPS) is 30.5. The highest BCUT2D eigenvalue weighted by Crippen LogP contribution is 2.29. The highest BCUT2D eigenvalue weighted by Gasteiger charge is 2.42. The third-order valence-corrected chi connectivity index (χ3v) is 3.11. The third-order valence-electron chi connectivity index (χ3n) is 3.11.